The highest BCUT2D eigenvalue weighted by molar-refractivity contribution is 5.46. The van der Waals surface area contributed by atoms with Crippen LogP contribution in [0.3, 0.4) is 0 Å². The van der Waals surface area contributed by atoms with Gasteiger partial charge in [-0.2, -0.15) is 0 Å². The van der Waals surface area contributed by atoms with Gasteiger partial charge in [0.1, 0.15) is 0 Å². The van der Waals surface area contributed by atoms with Gasteiger partial charge < -0.3 is 10.6 Å². The second-order valence-corrected chi connectivity index (χ2v) is 5.94. The molecule has 0 spiro atoms. The lowest BCUT2D eigenvalue weighted by Gasteiger charge is -2.42. The van der Waals surface area contributed by atoms with Crippen molar-refractivity contribution in [2.75, 3.05) is 11.4 Å². The standard InChI is InChI=1S/C15H25N3/c1-10-7-11(2)13(4)18(9-10)14-5-6-15(12(3)16)17-8-14/h5-6,8,10-13H,7,9,16H2,1-4H3/t10?,11?,12-,13?/m1/s1. The summed E-state index contributed by atoms with van der Waals surface area (Å²) < 4.78 is 0. The summed E-state index contributed by atoms with van der Waals surface area (Å²) in [5.74, 6) is 1.49. The Kier molecular flexibility index (Phi) is 3.91. The number of nitrogens with two attached hydrogens (primary N) is 1. The molecule has 1 aliphatic rings. The van der Waals surface area contributed by atoms with Crippen LogP contribution < -0.4 is 10.6 Å². The Morgan fingerprint density at radius 2 is 2.06 bits per heavy atom. The summed E-state index contributed by atoms with van der Waals surface area (Å²) in [7, 11) is 0. The van der Waals surface area contributed by atoms with Crippen molar-refractivity contribution in [1.82, 2.24) is 4.98 Å². The topological polar surface area (TPSA) is 42.1 Å². The molecule has 3 unspecified atom stereocenters. The van der Waals surface area contributed by atoms with Crippen LogP contribution >= 0.6 is 0 Å². The van der Waals surface area contributed by atoms with Gasteiger partial charge in [0.25, 0.3) is 0 Å². The minimum Gasteiger partial charge on any atom is -0.367 e. The average Bonchev–Trinajstić information content (AvgIpc) is 2.34. The first kappa shape index (κ1) is 13.3. The number of rotatable bonds is 2. The largest absolute Gasteiger partial charge is 0.367 e. The van der Waals surface area contributed by atoms with E-state index >= 15 is 0 Å². The fraction of sp³-hybridized carbons (Fsp3) is 0.667. The highest BCUT2D eigenvalue weighted by atomic mass is 15.2. The Bertz CT molecular complexity index is 385. The third-order valence-corrected chi connectivity index (χ3v) is 4.17. The van der Waals surface area contributed by atoms with Crippen molar-refractivity contribution >= 4 is 5.69 Å². The summed E-state index contributed by atoms with van der Waals surface area (Å²) in [4.78, 5) is 6.95. The van der Waals surface area contributed by atoms with Crippen molar-refractivity contribution in [3.8, 4) is 0 Å². The highest BCUT2D eigenvalue weighted by Crippen LogP contribution is 2.31. The van der Waals surface area contributed by atoms with Gasteiger partial charge in [-0.1, -0.05) is 13.8 Å². The number of hydrogen-bond donors (Lipinski definition) is 1. The monoisotopic (exact) mass is 247 g/mol. The normalized spacial score (nSPS) is 30.3. The van der Waals surface area contributed by atoms with Gasteiger partial charge in [-0.3, -0.25) is 4.98 Å². The van der Waals surface area contributed by atoms with Gasteiger partial charge in [-0.25, -0.2) is 0 Å². The first-order valence-electron chi connectivity index (χ1n) is 6.97. The van der Waals surface area contributed by atoms with Crippen LogP contribution in [0.2, 0.25) is 0 Å². The van der Waals surface area contributed by atoms with Crippen molar-refractivity contribution in [2.45, 2.75) is 46.2 Å². The average molecular weight is 247 g/mol. The van der Waals surface area contributed by atoms with Gasteiger partial charge in [0, 0.05) is 18.6 Å². The smallest absolute Gasteiger partial charge is 0.0569 e. The summed E-state index contributed by atoms with van der Waals surface area (Å²) in [5, 5.41) is 0. The van der Waals surface area contributed by atoms with E-state index < -0.39 is 0 Å². The molecule has 1 fully saturated rings. The summed E-state index contributed by atoms with van der Waals surface area (Å²) in [5.41, 5.74) is 8.03. The summed E-state index contributed by atoms with van der Waals surface area (Å²) in [6.45, 7) is 10.1. The molecule has 0 radical (unpaired) electrons. The third-order valence-electron chi connectivity index (χ3n) is 4.17. The van der Waals surface area contributed by atoms with Gasteiger partial charge in [-0.15, -0.1) is 0 Å². The van der Waals surface area contributed by atoms with Crippen LogP contribution in [0.1, 0.15) is 45.9 Å². The van der Waals surface area contributed by atoms with Crippen molar-refractivity contribution in [3.05, 3.63) is 24.0 Å². The third kappa shape index (κ3) is 2.66. The lowest BCUT2D eigenvalue weighted by atomic mass is 9.86. The van der Waals surface area contributed by atoms with Gasteiger partial charge in [-0.05, 0) is 44.2 Å². The van der Waals surface area contributed by atoms with E-state index in [1.165, 1.54) is 12.1 Å². The molecule has 1 aromatic rings. The quantitative estimate of drug-likeness (QED) is 0.873. The Morgan fingerprint density at radius 3 is 2.61 bits per heavy atom. The predicted molar refractivity (Wildman–Crippen MR) is 76.6 cm³/mol. The molecular weight excluding hydrogens is 222 g/mol. The van der Waals surface area contributed by atoms with Crippen LogP contribution in [0.4, 0.5) is 5.69 Å². The molecule has 18 heavy (non-hydrogen) atoms. The van der Waals surface area contributed by atoms with Crippen molar-refractivity contribution < 1.29 is 0 Å². The van der Waals surface area contributed by atoms with E-state index in [9.17, 15) is 0 Å². The number of aromatic nitrogens is 1. The molecule has 1 aliphatic heterocycles. The molecule has 2 N–H and O–H groups in total. The maximum atomic E-state index is 5.84. The van der Waals surface area contributed by atoms with Gasteiger partial charge in [0.05, 0.1) is 17.6 Å². The molecule has 0 bridgehead atoms. The lowest BCUT2D eigenvalue weighted by molar-refractivity contribution is 0.297. The molecule has 0 amide bonds. The molecule has 1 saturated heterocycles. The molecule has 3 nitrogen and oxygen atoms in total. The minimum absolute atomic E-state index is 0.00989. The zero-order chi connectivity index (χ0) is 13.3. The van der Waals surface area contributed by atoms with Crippen LogP contribution in [0.25, 0.3) is 0 Å². The van der Waals surface area contributed by atoms with Crippen molar-refractivity contribution in [3.63, 3.8) is 0 Å². The Morgan fingerprint density at radius 1 is 1.33 bits per heavy atom. The molecule has 3 heteroatoms. The van der Waals surface area contributed by atoms with Crippen LogP contribution in [0, 0.1) is 11.8 Å². The van der Waals surface area contributed by atoms with E-state index in [1.54, 1.807) is 0 Å². The first-order valence-corrected chi connectivity index (χ1v) is 6.97. The first-order chi connectivity index (χ1) is 8.49. The Balaban J connectivity index is 2.19. The van der Waals surface area contributed by atoms with Gasteiger partial charge in [0.15, 0.2) is 0 Å². The lowest BCUT2D eigenvalue weighted by Crippen LogP contribution is -2.45. The zero-order valence-corrected chi connectivity index (χ0v) is 11.9. The second-order valence-electron chi connectivity index (χ2n) is 5.94. The number of anilines is 1. The summed E-state index contributed by atoms with van der Waals surface area (Å²) in [6.07, 6.45) is 3.29. The van der Waals surface area contributed by atoms with Crippen LogP contribution in [-0.4, -0.2) is 17.6 Å². The maximum absolute atomic E-state index is 5.84. The van der Waals surface area contributed by atoms with E-state index in [1.807, 2.05) is 13.1 Å². The second kappa shape index (κ2) is 5.27. The number of hydrogen-bond acceptors (Lipinski definition) is 3. The number of piperidine rings is 1. The Hall–Kier alpha value is -1.09. The zero-order valence-electron chi connectivity index (χ0n) is 11.9. The van der Waals surface area contributed by atoms with Gasteiger partial charge in [0.2, 0.25) is 0 Å². The molecule has 100 valence electrons. The van der Waals surface area contributed by atoms with E-state index in [2.05, 4.69) is 42.8 Å². The summed E-state index contributed by atoms with van der Waals surface area (Å²) >= 11 is 0. The van der Waals surface area contributed by atoms with Crippen molar-refractivity contribution in [1.29, 1.82) is 0 Å². The number of pyridine rings is 1. The molecule has 0 saturated carbocycles. The SMILES string of the molecule is CC1CC(C)C(C)N(c2ccc([C@@H](C)N)nc2)C1. The van der Waals surface area contributed by atoms with E-state index in [0.29, 0.717) is 6.04 Å². The van der Waals surface area contributed by atoms with Gasteiger partial charge >= 0.3 is 0 Å². The molecular formula is C15H25N3. The van der Waals surface area contributed by atoms with E-state index in [-0.39, 0.29) is 6.04 Å². The molecule has 1 aromatic heterocycles. The molecule has 2 rings (SSSR count). The summed E-state index contributed by atoms with van der Waals surface area (Å²) in [6, 6.07) is 4.81. The molecule has 0 aromatic carbocycles. The molecule has 2 heterocycles. The van der Waals surface area contributed by atoms with Crippen molar-refractivity contribution in [2.24, 2.45) is 17.6 Å². The van der Waals surface area contributed by atoms with Crippen LogP contribution in [0.5, 0.6) is 0 Å². The predicted octanol–water partition coefficient (Wildman–Crippen LogP) is 2.97. The fourth-order valence-corrected chi connectivity index (χ4v) is 2.89. The molecule has 4 atom stereocenters. The van der Waals surface area contributed by atoms with E-state index in [0.717, 1.165) is 24.1 Å². The Labute approximate surface area is 110 Å². The highest BCUT2D eigenvalue weighted by Gasteiger charge is 2.28. The van der Waals surface area contributed by atoms with Crippen LogP contribution in [0.15, 0.2) is 18.3 Å². The minimum atomic E-state index is 0.00989. The maximum Gasteiger partial charge on any atom is 0.0569 e. The fourth-order valence-electron chi connectivity index (χ4n) is 2.89. The molecule has 0 aliphatic carbocycles. The van der Waals surface area contributed by atoms with Crippen LogP contribution in [-0.2, 0) is 0 Å². The number of nitrogens with zero attached hydrogens (tertiary/aromatic N) is 2. The van der Waals surface area contributed by atoms with E-state index in [4.69, 9.17) is 5.73 Å².